The molecule has 0 saturated heterocycles. The molecule has 0 fully saturated rings. The zero-order valence-corrected chi connectivity index (χ0v) is 23.3. The van der Waals surface area contributed by atoms with Crippen LogP contribution in [0.5, 0.6) is 0 Å². The summed E-state index contributed by atoms with van der Waals surface area (Å²) in [6.45, 7) is 3.35. The highest BCUT2D eigenvalue weighted by molar-refractivity contribution is 7.93. The Kier molecular flexibility index (Phi) is 7.89. The van der Waals surface area contributed by atoms with Gasteiger partial charge in [0, 0.05) is 48.3 Å². The maximum atomic E-state index is 13.6. The van der Waals surface area contributed by atoms with E-state index in [0.717, 1.165) is 12.1 Å². The maximum Gasteiger partial charge on any atom is 0.416 e. The summed E-state index contributed by atoms with van der Waals surface area (Å²) in [5.74, 6) is -0.234. The van der Waals surface area contributed by atoms with Crippen LogP contribution < -0.4 is 10.7 Å². The number of benzene rings is 2. The number of hydrogen-bond donors (Lipinski definition) is 1. The number of alkyl halides is 3. The zero-order valence-electron chi connectivity index (χ0n) is 22.5. The number of aromatic nitrogens is 3. The van der Waals surface area contributed by atoms with Crippen LogP contribution in [0.4, 0.5) is 13.2 Å². The number of pyridine rings is 1. The molecule has 1 amide bonds. The normalized spacial score (nSPS) is 12.8. The second-order valence-corrected chi connectivity index (χ2v) is 11.6. The van der Waals surface area contributed by atoms with Gasteiger partial charge in [-0.25, -0.2) is 4.21 Å². The molecule has 0 bridgehead atoms. The van der Waals surface area contributed by atoms with Crippen molar-refractivity contribution in [3.8, 4) is 23.1 Å². The van der Waals surface area contributed by atoms with Crippen molar-refractivity contribution in [2.24, 2.45) is 11.4 Å². The van der Waals surface area contributed by atoms with Crippen LogP contribution >= 0.6 is 0 Å². The molecule has 9 nitrogen and oxygen atoms in total. The molecule has 2 aromatic carbocycles. The molecular formula is C28H25F3N6O3S. The molecule has 0 aliphatic rings. The maximum absolute atomic E-state index is 13.6. The van der Waals surface area contributed by atoms with Gasteiger partial charge in [0.1, 0.15) is 11.4 Å². The minimum absolute atomic E-state index is 0.00353. The van der Waals surface area contributed by atoms with Crippen LogP contribution in [0.2, 0.25) is 0 Å². The average Bonchev–Trinajstić information content (AvgIpc) is 3.24. The molecule has 212 valence electrons. The SMILES string of the molecule is Cc1cc(-n2cc(C(=O)NCc3ccc(S(C)(=O)=NC#N)cc3)c(=O)c(-c3cccc(C(F)(F)F)c3)c2C)n(C)n1. The van der Waals surface area contributed by atoms with Crippen LogP contribution in [-0.2, 0) is 29.5 Å². The van der Waals surface area contributed by atoms with Gasteiger partial charge < -0.3 is 9.88 Å². The van der Waals surface area contributed by atoms with E-state index in [-0.39, 0.29) is 23.2 Å². The topological polar surface area (TPSA) is 122 Å². The first-order valence-electron chi connectivity index (χ1n) is 12.1. The molecule has 0 radical (unpaired) electrons. The number of hydrogen-bond acceptors (Lipinski definition) is 6. The van der Waals surface area contributed by atoms with Crippen molar-refractivity contribution >= 4 is 15.6 Å². The molecule has 0 aliphatic carbocycles. The highest BCUT2D eigenvalue weighted by atomic mass is 32.2. The van der Waals surface area contributed by atoms with Crippen molar-refractivity contribution in [2.75, 3.05) is 6.26 Å². The van der Waals surface area contributed by atoms with Crippen molar-refractivity contribution in [1.29, 1.82) is 5.26 Å². The van der Waals surface area contributed by atoms with Crippen molar-refractivity contribution in [1.82, 2.24) is 19.7 Å². The summed E-state index contributed by atoms with van der Waals surface area (Å²) in [5, 5.41) is 15.7. The molecule has 4 aromatic rings. The van der Waals surface area contributed by atoms with Gasteiger partial charge in [0.2, 0.25) is 11.6 Å². The minimum atomic E-state index is -4.62. The second kappa shape index (κ2) is 11.1. The summed E-state index contributed by atoms with van der Waals surface area (Å²) >= 11 is 0. The Hall–Kier alpha value is -4.70. The summed E-state index contributed by atoms with van der Waals surface area (Å²) < 4.78 is 59.4. The van der Waals surface area contributed by atoms with Gasteiger partial charge in [0.25, 0.3) is 5.91 Å². The zero-order chi connectivity index (χ0) is 30.1. The van der Waals surface area contributed by atoms with Gasteiger partial charge in [0.05, 0.1) is 21.0 Å². The van der Waals surface area contributed by atoms with Gasteiger partial charge in [-0.2, -0.15) is 23.5 Å². The molecule has 0 aliphatic heterocycles. The molecule has 1 N–H and O–H groups in total. The fourth-order valence-corrected chi connectivity index (χ4v) is 5.29. The Morgan fingerprint density at radius 2 is 1.83 bits per heavy atom. The lowest BCUT2D eigenvalue weighted by atomic mass is 9.98. The number of aryl methyl sites for hydroxylation is 2. The van der Waals surface area contributed by atoms with Crippen LogP contribution in [0, 0.1) is 25.3 Å². The molecular weight excluding hydrogens is 557 g/mol. The largest absolute Gasteiger partial charge is 0.416 e. The highest BCUT2D eigenvalue weighted by Gasteiger charge is 2.31. The molecule has 2 heterocycles. The number of rotatable bonds is 6. The summed E-state index contributed by atoms with van der Waals surface area (Å²) in [7, 11) is -1.21. The van der Waals surface area contributed by atoms with Gasteiger partial charge in [-0.15, -0.1) is 4.36 Å². The van der Waals surface area contributed by atoms with E-state index in [0.29, 0.717) is 27.7 Å². The first-order valence-corrected chi connectivity index (χ1v) is 14.1. The second-order valence-electron chi connectivity index (χ2n) is 9.37. The van der Waals surface area contributed by atoms with Gasteiger partial charge in [-0.3, -0.25) is 14.3 Å². The number of nitrogens with zero attached hydrogens (tertiary/aromatic N) is 5. The Morgan fingerprint density at radius 1 is 1.15 bits per heavy atom. The lowest BCUT2D eigenvalue weighted by molar-refractivity contribution is -0.137. The van der Waals surface area contributed by atoms with Gasteiger partial charge >= 0.3 is 6.18 Å². The van der Waals surface area contributed by atoms with E-state index in [2.05, 4.69) is 14.8 Å². The third-order valence-corrected chi connectivity index (χ3v) is 8.01. The molecule has 0 saturated carbocycles. The molecule has 1 atom stereocenters. The standard InChI is InChI=1S/C28H25F3N6O3S/c1-17-12-24(36(3)35-17)37-15-23(26(38)25(18(37)2)20-6-5-7-21(13-20)28(29,30)31)27(39)33-14-19-8-10-22(11-9-19)41(4,40)34-16-32/h5-13,15H,14H2,1-4H3,(H,33,39). The highest BCUT2D eigenvalue weighted by Crippen LogP contribution is 2.32. The van der Waals surface area contributed by atoms with E-state index in [4.69, 9.17) is 5.26 Å². The van der Waals surface area contributed by atoms with E-state index in [1.54, 1.807) is 43.7 Å². The fourth-order valence-electron chi connectivity index (χ4n) is 4.39. The van der Waals surface area contributed by atoms with Crippen LogP contribution in [0.1, 0.15) is 32.9 Å². The fraction of sp³-hybridized carbons (Fsp3) is 0.214. The molecule has 4 rings (SSSR count). The van der Waals surface area contributed by atoms with Crippen LogP contribution in [0.15, 0.2) is 74.8 Å². The van der Waals surface area contributed by atoms with Crippen LogP contribution in [-0.4, -0.2) is 30.7 Å². The lowest BCUT2D eigenvalue weighted by Gasteiger charge is -2.18. The number of halogens is 3. The van der Waals surface area contributed by atoms with Crippen molar-refractivity contribution in [2.45, 2.75) is 31.5 Å². The summed E-state index contributed by atoms with van der Waals surface area (Å²) in [4.78, 5) is 27.3. The first kappa shape index (κ1) is 29.3. The summed E-state index contributed by atoms with van der Waals surface area (Å²) in [5.41, 5.74) is -0.353. The van der Waals surface area contributed by atoms with E-state index >= 15 is 0 Å². The molecule has 0 spiro atoms. The molecule has 2 aromatic heterocycles. The smallest absolute Gasteiger partial charge is 0.348 e. The number of nitrogens with one attached hydrogen (secondary N) is 1. The van der Waals surface area contributed by atoms with E-state index in [9.17, 15) is 27.0 Å². The number of carbonyl (C=O) groups excluding carboxylic acids is 1. The minimum Gasteiger partial charge on any atom is -0.348 e. The van der Waals surface area contributed by atoms with E-state index < -0.39 is 32.8 Å². The third kappa shape index (κ3) is 6.07. The van der Waals surface area contributed by atoms with Crippen molar-refractivity contribution in [3.05, 3.63) is 99.1 Å². The quantitative estimate of drug-likeness (QED) is 0.329. The lowest BCUT2D eigenvalue weighted by Crippen LogP contribution is -2.31. The molecule has 13 heteroatoms. The Bertz CT molecular complexity index is 1880. The summed E-state index contributed by atoms with van der Waals surface area (Å²) in [6.07, 6.45) is -0.408. The van der Waals surface area contributed by atoms with Gasteiger partial charge in [-0.1, -0.05) is 24.3 Å². The Morgan fingerprint density at radius 3 is 2.41 bits per heavy atom. The Labute approximate surface area is 234 Å². The van der Waals surface area contributed by atoms with Gasteiger partial charge in [-0.05, 0) is 49.2 Å². The van der Waals surface area contributed by atoms with E-state index in [1.807, 2.05) is 0 Å². The molecule has 1 unspecified atom stereocenters. The number of carbonyl (C=O) groups is 1. The van der Waals surface area contributed by atoms with Crippen molar-refractivity contribution < 1.29 is 22.2 Å². The monoisotopic (exact) mass is 582 g/mol. The average molecular weight is 583 g/mol. The predicted octanol–water partition coefficient (Wildman–Crippen LogP) is 4.74. The first-order chi connectivity index (χ1) is 19.2. The third-order valence-electron chi connectivity index (χ3n) is 6.43. The predicted molar refractivity (Wildman–Crippen MR) is 147 cm³/mol. The molecule has 41 heavy (non-hydrogen) atoms. The summed E-state index contributed by atoms with van der Waals surface area (Å²) in [6, 6.07) is 12.4. The van der Waals surface area contributed by atoms with E-state index in [1.165, 1.54) is 47.6 Å². The van der Waals surface area contributed by atoms with Crippen LogP contribution in [0.25, 0.3) is 16.9 Å². The Balaban J connectivity index is 1.78. The van der Waals surface area contributed by atoms with Crippen molar-refractivity contribution in [3.63, 3.8) is 0 Å². The number of amides is 1. The van der Waals surface area contributed by atoms with Crippen LogP contribution in [0.3, 0.4) is 0 Å². The number of nitriles is 1. The van der Waals surface area contributed by atoms with Gasteiger partial charge in [0.15, 0.2) is 0 Å².